The van der Waals surface area contributed by atoms with Crippen LogP contribution in [-0.2, 0) is 12.6 Å². The number of hydrogen-bond acceptors (Lipinski definition) is 3. The summed E-state index contributed by atoms with van der Waals surface area (Å²) in [4.78, 5) is 0. The van der Waals surface area contributed by atoms with Crippen molar-refractivity contribution in [2.45, 2.75) is 12.5 Å². The van der Waals surface area contributed by atoms with Crippen molar-refractivity contribution in [3.63, 3.8) is 0 Å². The van der Waals surface area contributed by atoms with Crippen LogP contribution in [0.1, 0.15) is 12.5 Å². The number of aromatic nitrogens is 2. The van der Waals surface area contributed by atoms with Crippen LogP contribution in [0.2, 0.25) is 0 Å². The first kappa shape index (κ1) is 8.23. The van der Waals surface area contributed by atoms with Gasteiger partial charge in [-0.05, 0) is 6.92 Å². The second-order valence-electron chi connectivity index (χ2n) is 2.88. The lowest BCUT2D eigenvalue weighted by molar-refractivity contribution is 0.0667. The minimum absolute atomic E-state index is 0.207. The Morgan fingerprint density at radius 2 is 2.45 bits per heavy atom. The lowest BCUT2D eigenvalue weighted by Gasteiger charge is -2.18. The molecule has 0 saturated heterocycles. The fraction of sp³-hybridized carbons (Fsp3) is 0.571. The minimum Gasteiger partial charge on any atom is -0.384 e. The van der Waals surface area contributed by atoms with Gasteiger partial charge in [-0.25, -0.2) is 0 Å². The van der Waals surface area contributed by atoms with E-state index in [-0.39, 0.29) is 6.54 Å². The van der Waals surface area contributed by atoms with Crippen molar-refractivity contribution >= 4 is 0 Å². The molecule has 0 aromatic carbocycles. The fourth-order valence-corrected chi connectivity index (χ4v) is 0.817. The Labute approximate surface area is 65.6 Å². The Hall–Kier alpha value is -0.870. The number of hydrogen-bond donors (Lipinski definition) is 2. The number of nitrogens with two attached hydrogens (primary N) is 1. The van der Waals surface area contributed by atoms with Crippen LogP contribution in [0.25, 0.3) is 0 Å². The molecule has 0 radical (unpaired) electrons. The molecule has 1 aromatic heterocycles. The van der Waals surface area contributed by atoms with Crippen molar-refractivity contribution in [2.24, 2.45) is 12.8 Å². The summed E-state index contributed by atoms with van der Waals surface area (Å²) < 4.78 is 1.64. The molecule has 0 unspecified atom stereocenters. The van der Waals surface area contributed by atoms with Crippen LogP contribution in [-0.4, -0.2) is 21.4 Å². The molecule has 1 rings (SSSR count). The highest BCUT2D eigenvalue weighted by atomic mass is 16.3. The summed E-state index contributed by atoms with van der Waals surface area (Å²) in [6.07, 6.45) is 3.37. The zero-order valence-electron chi connectivity index (χ0n) is 6.78. The van der Waals surface area contributed by atoms with E-state index < -0.39 is 5.60 Å². The zero-order valence-corrected chi connectivity index (χ0v) is 6.78. The smallest absolute Gasteiger partial charge is 0.102 e. The monoisotopic (exact) mass is 155 g/mol. The second kappa shape index (κ2) is 2.64. The first-order chi connectivity index (χ1) is 5.06. The molecule has 0 spiro atoms. The van der Waals surface area contributed by atoms with Crippen LogP contribution in [0, 0.1) is 0 Å². The molecule has 0 bridgehead atoms. The van der Waals surface area contributed by atoms with Gasteiger partial charge in [0.1, 0.15) is 5.60 Å². The molecule has 62 valence electrons. The summed E-state index contributed by atoms with van der Waals surface area (Å²) in [7, 11) is 1.80. The average molecular weight is 155 g/mol. The highest BCUT2D eigenvalue weighted by Crippen LogP contribution is 2.17. The lowest BCUT2D eigenvalue weighted by Crippen LogP contribution is -2.30. The van der Waals surface area contributed by atoms with E-state index in [4.69, 9.17) is 5.73 Å². The van der Waals surface area contributed by atoms with Crippen LogP contribution >= 0.6 is 0 Å². The summed E-state index contributed by atoms with van der Waals surface area (Å²) >= 11 is 0. The average Bonchev–Trinajstić information content (AvgIpc) is 2.36. The van der Waals surface area contributed by atoms with Crippen LogP contribution in [0.4, 0.5) is 0 Å². The topological polar surface area (TPSA) is 64.1 Å². The molecule has 0 saturated carbocycles. The maximum atomic E-state index is 9.63. The predicted molar refractivity (Wildman–Crippen MR) is 41.8 cm³/mol. The van der Waals surface area contributed by atoms with Crippen LogP contribution < -0.4 is 5.73 Å². The molecule has 11 heavy (non-hydrogen) atoms. The molecular formula is C7H13N3O. The number of nitrogens with zero attached hydrogens (tertiary/aromatic N) is 2. The summed E-state index contributed by atoms with van der Waals surface area (Å²) in [5.41, 5.74) is 5.16. The SMILES string of the molecule is Cn1cc([C@@](C)(O)CN)cn1. The van der Waals surface area contributed by atoms with E-state index in [0.717, 1.165) is 5.56 Å². The van der Waals surface area contributed by atoms with Gasteiger partial charge in [-0.3, -0.25) is 4.68 Å². The third-order valence-corrected chi connectivity index (χ3v) is 1.72. The van der Waals surface area contributed by atoms with Gasteiger partial charge in [0.15, 0.2) is 0 Å². The van der Waals surface area contributed by atoms with Gasteiger partial charge in [-0.1, -0.05) is 0 Å². The van der Waals surface area contributed by atoms with Gasteiger partial charge < -0.3 is 10.8 Å². The maximum absolute atomic E-state index is 9.63. The molecule has 1 heterocycles. The fourth-order valence-electron chi connectivity index (χ4n) is 0.817. The Morgan fingerprint density at radius 1 is 1.82 bits per heavy atom. The predicted octanol–water partition coefficient (Wildman–Crippen LogP) is -0.414. The molecule has 0 fully saturated rings. The van der Waals surface area contributed by atoms with Gasteiger partial charge >= 0.3 is 0 Å². The van der Waals surface area contributed by atoms with Crippen molar-refractivity contribution < 1.29 is 5.11 Å². The van der Waals surface area contributed by atoms with Gasteiger partial charge in [0.2, 0.25) is 0 Å². The van der Waals surface area contributed by atoms with E-state index >= 15 is 0 Å². The van der Waals surface area contributed by atoms with Gasteiger partial charge in [-0.2, -0.15) is 5.10 Å². The third kappa shape index (κ3) is 1.58. The van der Waals surface area contributed by atoms with Crippen molar-refractivity contribution in [3.8, 4) is 0 Å². The van der Waals surface area contributed by atoms with E-state index in [2.05, 4.69) is 5.10 Å². The molecule has 0 amide bonds. The van der Waals surface area contributed by atoms with E-state index in [0.29, 0.717) is 0 Å². The van der Waals surface area contributed by atoms with Gasteiger partial charge in [0.25, 0.3) is 0 Å². The molecule has 3 N–H and O–H groups in total. The normalized spacial score (nSPS) is 16.4. The summed E-state index contributed by atoms with van der Waals surface area (Å²) in [5.74, 6) is 0. The Bertz CT molecular complexity index is 242. The number of rotatable bonds is 2. The van der Waals surface area contributed by atoms with E-state index in [9.17, 15) is 5.11 Å². The molecule has 0 aliphatic heterocycles. The standard InChI is InChI=1S/C7H13N3O/c1-7(11,5-8)6-3-9-10(2)4-6/h3-4,11H,5,8H2,1-2H3/t7-/m0/s1. The van der Waals surface area contributed by atoms with Crippen LogP contribution in [0.5, 0.6) is 0 Å². The summed E-state index contributed by atoms with van der Waals surface area (Å²) in [6, 6.07) is 0. The first-order valence-electron chi connectivity index (χ1n) is 3.48. The van der Waals surface area contributed by atoms with Crippen molar-refractivity contribution in [1.82, 2.24) is 9.78 Å². The minimum atomic E-state index is -0.950. The molecule has 0 aliphatic carbocycles. The van der Waals surface area contributed by atoms with Crippen LogP contribution in [0.3, 0.4) is 0 Å². The Kier molecular flexibility index (Phi) is 1.97. The lowest BCUT2D eigenvalue weighted by atomic mass is 10.0. The quantitative estimate of drug-likeness (QED) is 0.610. The first-order valence-corrected chi connectivity index (χ1v) is 3.48. The molecule has 4 heteroatoms. The second-order valence-corrected chi connectivity index (χ2v) is 2.88. The van der Waals surface area contributed by atoms with Gasteiger partial charge in [0, 0.05) is 25.4 Å². The Morgan fingerprint density at radius 3 is 2.82 bits per heavy atom. The highest BCUT2D eigenvalue weighted by Gasteiger charge is 2.21. The van der Waals surface area contributed by atoms with E-state index in [1.807, 2.05) is 0 Å². The van der Waals surface area contributed by atoms with Crippen molar-refractivity contribution in [2.75, 3.05) is 6.54 Å². The maximum Gasteiger partial charge on any atom is 0.102 e. The van der Waals surface area contributed by atoms with Gasteiger partial charge in [0.05, 0.1) is 6.20 Å². The molecular weight excluding hydrogens is 142 g/mol. The Balaban J connectivity index is 2.92. The van der Waals surface area contributed by atoms with Crippen LogP contribution in [0.15, 0.2) is 12.4 Å². The molecule has 0 aliphatic rings. The van der Waals surface area contributed by atoms with E-state index in [1.165, 1.54) is 0 Å². The molecule has 4 nitrogen and oxygen atoms in total. The van der Waals surface area contributed by atoms with Gasteiger partial charge in [-0.15, -0.1) is 0 Å². The molecule has 1 aromatic rings. The highest BCUT2D eigenvalue weighted by molar-refractivity contribution is 5.13. The molecule has 1 atom stereocenters. The van der Waals surface area contributed by atoms with Crippen molar-refractivity contribution in [1.29, 1.82) is 0 Å². The van der Waals surface area contributed by atoms with Crippen molar-refractivity contribution in [3.05, 3.63) is 18.0 Å². The summed E-state index contributed by atoms with van der Waals surface area (Å²) in [5, 5.41) is 13.6. The summed E-state index contributed by atoms with van der Waals surface area (Å²) in [6.45, 7) is 1.88. The number of aryl methyl sites for hydroxylation is 1. The van der Waals surface area contributed by atoms with E-state index in [1.54, 1.807) is 31.0 Å². The largest absolute Gasteiger partial charge is 0.384 e. The number of aliphatic hydroxyl groups is 1. The third-order valence-electron chi connectivity index (χ3n) is 1.72. The zero-order chi connectivity index (χ0) is 8.48.